The van der Waals surface area contributed by atoms with Gasteiger partial charge in [-0.2, -0.15) is 10.0 Å². The number of hydrogen-bond donors (Lipinski definition) is 1. The van der Waals surface area contributed by atoms with E-state index in [9.17, 15) is 13.2 Å². The molecule has 0 saturated heterocycles. The van der Waals surface area contributed by atoms with E-state index in [1.807, 2.05) is 24.3 Å². The predicted octanol–water partition coefficient (Wildman–Crippen LogP) is 3.98. The molecular weight excluding hydrogens is 512 g/mol. The fourth-order valence-corrected chi connectivity index (χ4v) is 5.18. The molecule has 0 unspecified atom stereocenters. The lowest BCUT2D eigenvalue weighted by molar-refractivity contribution is -0.114. The highest BCUT2D eigenvalue weighted by molar-refractivity contribution is 8.42. The SMILES string of the molecule is CCc1ccccc1OCCOc1ccc(/C=C2\C(=N)N3N=C(S(C)(=O)=O)SC3=NC2=O)cc1Cl. The smallest absolute Gasteiger partial charge is 0.283 e. The van der Waals surface area contributed by atoms with Gasteiger partial charge >= 0.3 is 0 Å². The Hall–Kier alpha value is -3.15. The summed E-state index contributed by atoms with van der Waals surface area (Å²) in [6.45, 7) is 2.69. The molecule has 1 amide bonds. The number of para-hydroxylation sites is 1. The number of amidine groups is 2. The number of hydrazone groups is 1. The Morgan fingerprint density at radius 1 is 1.14 bits per heavy atom. The minimum Gasteiger partial charge on any atom is -0.490 e. The molecule has 0 fully saturated rings. The molecule has 4 rings (SSSR count). The van der Waals surface area contributed by atoms with E-state index in [2.05, 4.69) is 17.0 Å². The predicted molar refractivity (Wildman–Crippen MR) is 138 cm³/mol. The first-order chi connectivity index (χ1) is 16.7. The molecule has 0 atom stereocenters. The van der Waals surface area contributed by atoms with Crippen molar-refractivity contribution in [2.24, 2.45) is 10.1 Å². The van der Waals surface area contributed by atoms with Crippen molar-refractivity contribution >= 4 is 60.6 Å². The second kappa shape index (κ2) is 10.2. The number of rotatable bonds is 7. The first-order valence-electron chi connectivity index (χ1n) is 10.5. The van der Waals surface area contributed by atoms with E-state index in [0.29, 0.717) is 22.9 Å². The fraction of sp³-hybridized carbons (Fsp3) is 0.217. The van der Waals surface area contributed by atoms with Crippen molar-refractivity contribution in [1.29, 1.82) is 5.41 Å². The van der Waals surface area contributed by atoms with Gasteiger partial charge in [0.15, 0.2) is 5.84 Å². The van der Waals surface area contributed by atoms with Gasteiger partial charge in [-0.05, 0) is 53.6 Å². The molecule has 2 heterocycles. The second-order valence-electron chi connectivity index (χ2n) is 7.51. The second-order valence-corrected chi connectivity index (χ2v) is 11.1. The third-order valence-corrected chi connectivity index (χ3v) is 7.84. The Morgan fingerprint density at radius 3 is 2.54 bits per heavy atom. The van der Waals surface area contributed by atoms with E-state index in [-0.39, 0.29) is 27.6 Å². The third-order valence-electron chi connectivity index (χ3n) is 4.97. The summed E-state index contributed by atoms with van der Waals surface area (Å²) in [5.41, 5.74) is 1.62. The van der Waals surface area contributed by atoms with Crippen molar-refractivity contribution in [3.05, 3.63) is 64.2 Å². The number of amides is 1. The van der Waals surface area contributed by atoms with Crippen molar-refractivity contribution in [2.75, 3.05) is 19.5 Å². The molecule has 0 aromatic heterocycles. The van der Waals surface area contributed by atoms with E-state index < -0.39 is 15.7 Å². The molecule has 2 aromatic rings. The summed E-state index contributed by atoms with van der Waals surface area (Å²) in [7, 11) is -3.59. The van der Waals surface area contributed by atoms with Crippen LogP contribution in [0.2, 0.25) is 5.02 Å². The topological polar surface area (TPSA) is 121 Å². The zero-order valence-corrected chi connectivity index (χ0v) is 21.2. The highest BCUT2D eigenvalue weighted by Gasteiger charge is 2.38. The molecule has 1 N–H and O–H groups in total. The lowest BCUT2D eigenvalue weighted by atomic mass is 10.1. The summed E-state index contributed by atoms with van der Waals surface area (Å²) in [5.74, 6) is 0.332. The molecule has 2 aromatic carbocycles. The largest absolute Gasteiger partial charge is 0.490 e. The van der Waals surface area contributed by atoms with E-state index in [1.54, 1.807) is 18.2 Å². The average Bonchev–Trinajstić information content (AvgIpc) is 3.25. The normalized spacial score (nSPS) is 16.8. The first kappa shape index (κ1) is 25.0. The number of benzene rings is 2. The maximum atomic E-state index is 12.5. The van der Waals surface area contributed by atoms with Gasteiger partial charge in [-0.25, -0.2) is 8.42 Å². The highest BCUT2D eigenvalue weighted by atomic mass is 35.5. The first-order valence-corrected chi connectivity index (χ1v) is 13.6. The van der Waals surface area contributed by atoms with Crippen molar-refractivity contribution in [3.63, 3.8) is 0 Å². The number of halogens is 1. The van der Waals surface area contributed by atoms with E-state index >= 15 is 0 Å². The summed E-state index contributed by atoms with van der Waals surface area (Å²) in [4.78, 5) is 16.4. The van der Waals surface area contributed by atoms with Gasteiger partial charge < -0.3 is 9.47 Å². The van der Waals surface area contributed by atoms with E-state index in [1.165, 1.54) is 6.08 Å². The average molecular weight is 533 g/mol. The Kier molecular flexibility index (Phi) is 7.29. The molecule has 2 aliphatic heterocycles. The number of hydrogen-bond acceptors (Lipinski definition) is 8. The van der Waals surface area contributed by atoms with Crippen LogP contribution in [0.4, 0.5) is 0 Å². The Balaban J connectivity index is 1.43. The molecule has 0 spiro atoms. The molecule has 182 valence electrons. The lowest BCUT2D eigenvalue weighted by Crippen LogP contribution is -2.35. The molecular formula is C23H21ClN4O5S2. The number of aryl methyl sites for hydroxylation is 1. The molecule has 9 nitrogen and oxygen atoms in total. The Labute approximate surface area is 211 Å². The zero-order valence-electron chi connectivity index (χ0n) is 18.8. The number of ether oxygens (including phenoxy) is 2. The highest BCUT2D eigenvalue weighted by Crippen LogP contribution is 2.31. The van der Waals surface area contributed by atoms with E-state index in [0.717, 1.165) is 40.8 Å². The Morgan fingerprint density at radius 2 is 1.86 bits per heavy atom. The van der Waals surface area contributed by atoms with Crippen LogP contribution in [0.5, 0.6) is 11.5 Å². The van der Waals surface area contributed by atoms with Crippen LogP contribution in [-0.2, 0) is 21.1 Å². The summed E-state index contributed by atoms with van der Waals surface area (Å²) in [6.07, 6.45) is 3.32. The van der Waals surface area contributed by atoms with Crippen LogP contribution in [-0.4, -0.2) is 54.2 Å². The van der Waals surface area contributed by atoms with Gasteiger partial charge in [0, 0.05) is 6.26 Å². The van der Waals surface area contributed by atoms with Crippen molar-refractivity contribution in [1.82, 2.24) is 5.01 Å². The number of nitrogens with one attached hydrogen (secondary N) is 1. The molecule has 0 aliphatic carbocycles. The van der Waals surface area contributed by atoms with Gasteiger partial charge in [0.05, 0.1) is 10.6 Å². The molecule has 2 aliphatic rings. The minimum absolute atomic E-state index is 0.0307. The number of carbonyl (C=O) groups is 1. The summed E-state index contributed by atoms with van der Waals surface area (Å²) >= 11 is 7.09. The standard InChI is InChI=1S/C23H21ClN4O5S2/c1-3-15-6-4-5-7-18(15)32-10-11-33-19-9-8-14(13-17(19)24)12-16-20(25)28-22(26-21(16)29)34-23(27-28)35(2,30)31/h4-9,12-13,25H,3,10-11H2,1-2H3/b16-12+,25-20?. The molecule has 0 bridgehead atoms. The third kappa shape index (κ3) is 5.58. The van der Waals surface area contributed by atoms with Crippen molar-refractivity contribution in [3.8, 4) is 11.5 Å². The summed E-state index contributed by atoms with van der Waals surface area (Å²) < 4.78 is 34.8. The number of fused-ring (bicyclic) bond motifs is 1. The number of sulfone groups is 1. The van der Waals surface area contributed by atoms with Gasteiger partial charge in [0.25, 0.3) is 5.91 Å². The summed E-state index contributed by atoms with van der Waals surface area (Å²) in [5, 5.41) is 13.6. The van der Waals surface area contributed by atoms with Gasteiger partial charge in [0.2, 0.25) is 19.4 Å². The monoisotopic (exact) mass is 532 g/mol. The summed E-state index contributed by atoms with van der Waals surface area (Å²) in [6, 6.07) is 12.8. The van der Waals surface area contributed by atoms with Gasteiger partial charge in [-0.15, -0.1) is 5.10 Å². The number of thioether (sulfide) groups is 1. The van der Waals surface area contributed by atoms with Crippen LogP contribution < -0.4 is 9.47 Å². The fourth-order valence-electron chi connectivity index (χ4n) is 3.25. The zero-order chi connectivity index (χ0) is 25.2. The van der Waals surface area contributed by atoms with Gasteiger partial charge in [0.1, 0.15) is 24.7 Å². The van der Waals surface area contributed by atoms with Gasteiger partial charge in [-0.3, -0.25) is 10.2 Å². The number of aliphatic imine (C=N–C) groups is 1. The molecule has 0 saturated carbocycles. The number of carbonyl (C=O) groups excluding carboxylic acids is 1. The van der Waals surface area contributed by atoms with Crippen LogP contribution in [0.25, 0.3) is 6.08 Å². The van der Waals surface area contributed by atoms with Crippen LogP contribution in [0.15, 0.2) is 58.1 Å². The van der Waals surface area contributed by atoms with Crippen LogP contribution >= 0.6 is 23.4 Å². The van der Waals surface area contributed by atoms with Crippen molar-refractivity contribution < 1.29 is 22.7 Å². The quantitative estimate of drug-likeness (QED) is 0.422. The van der Waals surface area contributed by atoms with E-state index in [4.69, 9.17) is 26.5 Å². The maximum Gasteiger partial charge on any atom is 0.283 e. The lowest BCUT2D eigenvalue weighted by Gasteiger charge is -2.20. The Bertz CT molecular complexity index is 1400. The van der Waals surface area contributed by atoms with Crippen LogP contribution in [0.3, 0.4) is 0 Å². The van der Waals surface area contributed by atoms with Gasteiger partial charge in [-0.1, -0.05) is 42.8 Å². The minimum atomic E-state index is -3.59. The molecule has 0 radical (unpaired) electrons. The van der Waals surface area contributed by atoms with Crippen LogP contribution in [0.1, 0.15) is 18.1 Å². The maximum absolute atomic E-state index is 12.5. The van der Waals surface area contributed by atoms with Crippen molar-refractivity contribution in [2.45, 2.75) is 13.3 Å². The molecule has 35 heavy (non-hydrogen) atoms. The number of nitrogens with zero attached hydrogens (tertiary/aromatic N) is 3. The molecule has 12 heteroatoms. The van der Waals surface area contributed by atoms with Crippen LogP contribution in [0, 0.1) is 5.41 Å².